The van der Waals surface area contributed by atoms with Gasteiger partial charge in [-0.3, -0.25) is 34.3 Å². The number of imide groups is 2. The first kappa shape index (κ1) is 21.2. The highest BCUT2D eigenvalue weighted by Gasteiger charge is 2.45. The second kappa shape index (κ2) is 8.73. The van der Waals surface area contributed by atoms with E-state index in [1.807, 2.05) is 6.07 Å². The van der Waals surface area contributed by atoms with E-state index in [1.54, 1.807) is 12.1 Å². The Morgan fingerprint density at radius 3 is 2.56 bits per heavy atom. The van der Waals surface area contributed by atoms with Gasteiger partial charge in [-0.2, -0.15) is 0 Å². The van der Waals surface area contributed by atoms with Crippen LogP contribution >= 0.6 is 0 Å². The van der Waals surface area contributed by atoms with Crippen molar-refractivity contribution in [2.75, 3.05) is 32.8 Å². The number of amides is 4. The molecule has 32 heavy (non-hydrogen) atoms. The summed E-state index contributed by atoms with van der Waals surface area (Å²) in [5.41, 5.74) is 1.54. The zero-order chi connectivity index (χ0) is 22.2. The smallest absolute Gasteiger partial charge is 0.262 e. The molecule has 4 aliphatic rings. The van der Waals surface area contributed by atoms with Crippen LogP contribution in [-0.4, -0.2) is 78.4 Å². The summed E-state index contributed by atoms with van der Waals surface area (Å²) >= 11 is 0. The molecule has 0 aromatic heterocycles. The third-order valence-electron chi connectivity index (χ3n) is 7.06. The predicted octanol–water partition coefficient (Wildman–Crippen LogP) is 0.288. The summed E-state index contributed by atoms with van der Waals surface area (Å²) in [7, 11) is 0. The van der Waals surface area contributed by atoms with E-state index in [0.29, 0.717) is 23.6 Å². The third kappa shape index (κ3) is 3.85. The molecular weight excluding hydrogens is 412 g/mol. The molecule has 4 heterocycles. The number of benzene rings is 1. The third-order valence-corrected chi connectivity index (χ3v) is 7.06. The van der Waals surface area contributed by atoms with Gasteiger partial charge in [-0.25, -0.2) is 0 Å². The Hall–Kier alpha value is -2.62. The highest BCUT2D eigenvalue weighted by molar-refractivity contribution is 6.24. The summed E-state index contributed by atoms with van der Waals surface area (Å²) < 4.78 is 5.92. The summed E-state index contributed by atoms with van der Waals surface area (Å²) in [5.74, 6) is -1.32. The van der Waals surface area contributed by atoms with E-state index in [2.05, 4.69) is 15.5 Å². The first-order valence-corrected chi connectivity index (χ1v) is 11.4. The van der Waals surface area contributed by atoms with Gasteiger partial charge in [0.15, 0.2) is 0 Å². The molecular formula is C23H28N4O5. The maximum atomic E-state index is 13.3. The number of piperidine rings is 2. The molecule has 3 saturated heterocycles. The van der Waals surface area contributed by atoms with Crippen LogP contribution in [0.25, 0.3) is 0 Å². The average Bonchev–Trinajstić information content (AvgIpc) is 3.06. The molecule has 9 heteroatoms. The molecule has 3 fully saturated rings. The van der Waals surface area contributed by atoms with E-state index in [0.717, 1.165) is 56.1 Å². The Morgan fingerprint density at radius 2 is 1.84 bits per heavy atom. The number of hydrogen-bond acceptors (Lipinski definition) is 7. The number of ether oxygens (including phenoxy) is 1. The van der Waals surface area contributed by atoms with Crippen LogP contribution in [0.5, 0.6) is 0 Å². The summed E-state index contributed by atoms with van der Waals surface area (Å²) in [6.45, 7) is 4.99. The number of nitrogens with zero attached hydrogens (tertiary/aromatic N) is 2. The quantitative estimate of drug-likeness (QED) is 0.648. The molecule has 9 nitrogen and oxygen atoms in total. The van der Waals surface area contributed by atoms with Crippen LogP contribution in [0.15, 0.2) is 18.2 Å². The lowest BCUT2D eigenvalue weighted by molar-refractivity contribution is -0.136. The van der Waals surface area contributed by atoms with Gasteiger partial charge in [0.2, 0.25) is 11.8 Å². The van der Waals surface area contributed by atoms with Gasteiger partial charge in [-0.05, 0) is 49.9 Å². The molecule has 1 aromatic carbocycles. The van der Waals surface area contributed by atoms with Crippen LogP contribution in [0.3, 0.4) is 0 Å². The maximum absolute atomic E-state index is 13.3. The fourth-order valence-electron chi connectivity index (χ4n) is 5.33. The van der Waals surface area contributed by atoms with Crippen LogP contribution < -0.4 is 10.6 Å². The van der Waals surface area contributed by atoms with Crippen molar-refractivity contribution < 1.29 is 23.9 Å². The molecule has 0 spiro atoms. The highest BCUT2D eigenvalue weighted by atomic mass is 16.5. The van der Waals surface area contributed by atoms with Crippen molar-refractivity contribution in [1.82, 2.24) is 20.4 Å². The molecule has 0 radical (unpaired) electrons. The van der Waals surface area contributed by atoms with Crippen molar-refractivity contribution in [3.8, 4) is 0 Å². The fraction of sp³-hybridized carbons (Fsp3) is 0.565. The van der Waals surface area contributed by atoms with Gasteiger partial charge >= 0.3 is 0 Å². The molecule has 4 amide bonds. The first-order chi connectivity index (χ1) is 15.5. The molecule has 170 valence electrons. The lowest BCUT2D eigenvalue weighted by Gasteiger charge is -2.37. The number of carbonyl (C=O) groups is 4. The average molecular weight is 441 g/mol. The normalized spacial score (nSPS) is 27.6. The van der Waals surface area contributed by atoms with Gasteiger partial charge in [-0.1, -0.05) is 12.1 Å². The molecule has 2 atom stereocenters. The molecule has 2 N–H and O–H groups in total. The Morgan fingerprint density at radius 1 is 1.03 bits per heavy atom. The van der Waals surface area contributed by atoms with Gasteiger partial charge < -0.3 is 10.1 Å². The summed E-state index contributed by atoms with van der Waals surface area (Å²) in [6, 6.07) is 4.39. The standard InChI is InChI=1S/C23H28N4O5/c28-19-5-4-17(21(29)25-19)27-22(30)16-3-1-2-15(20(16)23(27)31)13-26-9-6-14(7-10-26)18-12-24-8-11-32-18/h1-3,14,17-18,24H,4-13H2,(H,25,28,29). The minimum absolute atomic E-state index is 0.117. The Bertz CT molecular complexity index is 950. The number of nitrogens with one attached hydrogen (secondary N) is 2. The van der Waals surface area contributed by atoms with E-state index >= 15 is 0 Å². The predicted molar refractivity (Wildman–Crippen MR) is 114 cm³/mol. The second-order valence-corrected chi connectivity index (χ2v) is 9.01. The van der Waals surface area contributed by atoms with Gasteiger partial charge in [-0.15, -0.1) is 0 Å². The Labute approximate surface area is 186 Å². The topological polar surface area (TPSA) is 108 Å². The highest BCUT2D eigenvalue weighted by Crippen LogP contribution is 2.31. The van der Waals surface area contributed by atoms with Gasteiger partial charge in [0.25, 0.3) is 11.8 Å². The molecule has 0 bridgehead atoms. The number of morpholine rings is 1. The molecule has 0 saturated carbocycles. The summed E-state index contributed by atoms with van der Waals surface area (Å²) in [4.78, 5) is 53.4. The molecule has 0 aliphatic carbocycles. The maximum Gasteiger partial charge on any atom is 0.262 e. The zero-order valence-corrected chi connectivity index (χ0v) is 18.0. The number of carbonyl (C=O) groups excluding carboxylic acids is 4. The molecule has 5 rings (SSSR count). The molecule has 2 unspecified atom stereocenters. The lowest BCUT2D eigenvalue weighted by Crippen LogP contribution is -2.54. The largest absolute Gasteiger partial charge is 0.375 e. The Balaban J connectivity index is 1.28. The molecule has 1 aromatic rings. The van der Waals surface area contributed by atoms with Crippen LogP contribution in [0.2, 0.25) is 0 Å². The van der Waals surface area contributed by atoms with Crippen LogP contribution in [0.1, 0.15) is 52.0 Å². The van der Waals surface area contributed by atoms with Crippen molar-refractivity contribution in [3.05, 3.63) is 34.9 Å². The summed E-state index contributed by atoms with van der Waals surface area (Å²) in [6.07, 6.45) is 2.63. The van der Waals surface area contributed by atoms with Crippen LogP contribution in [0, 0.1) is 5.92 Å². The zero-order valence-electron chi connectivity index (χ0n) is 18.0. The van der Waals surface area contributed by atoms with Gasteiger partial charge in [0.05, 0.1) is 23.8 Å². The fourth-order valence-corrected chi connectivity index (χ4v) is 5.33. The van der Waals surface area contributed by atoms with Gasteiger partial charge in [0.1, 0.15) is 6.04 Å². The second-order valence-electron chi connectivity index (χ2n) is 9.01. The van der Waals surface area contributed by atoms with Crippen molar-refractivity contribution in [2.24, 2.45) is 5.92 Å². The summed E-state index contributed by atoms with van der Waals surface area (Å²) in [5, 5.41) is 5.64. The minimum Gasteiger partial charge on any atom is -0.375 e. The minimum atomic E-state index is -0.937. The lowest BCUT2D eigenvalue weighted by atomic mass is 9.90. The van der Waals surface area contributed by atoms with E-state index in [-0.39, 0.29) is 24.9 Å². The van der Waals surface area contributed by atoms with Crippen molar-refractivity contribution in [2.45, 2.75) is 44.4 Å². The van der Waals surface area contributed by atoms with Crippen molar-refractivity contribution in [3.63, 3.8) is 0 Å². The van der Waals surface area contributed by atoms with E-state index in [4.69, 9.17) is 4.74 Å². The van der Waals surface area contributed by atoms with Crippen molar-refractivity contribution >= 4 is 23.6 Å². The van der Waals surface area contributed by atoms with Crippen LogP contribution in [-0.2, 0) is 20.9 Å². The first-order valence-electron chi connectivity index (χ1n) is 11.4. The number of hydrogen-bond donors (Lipinski definition) is 2. The van der Waals surface area contributed by atoms with E-state index < -0.39 is 23.8 Å². The van der Waals surface area contributed by atoms with E-state index in [1.165, 1.54) is 0 Å². The number of likely N-dealkylation sites (tertiary alicyclic amines) is 1. The SMILES string of the molecule is O=C1CCC(N2C(=O)c3cccc(CN4CCC(C5CNCCO5)CC4)c3C2=O)C(=O)N1. The van der Waals surface area contributed by atoms with Gasteiger partial charge in [0, 0.05) is 26.1 Å². The molecule has 4 aliphatic heterocycles. The number of rotatable bonds is 4. The Kier molecular flexibility index (Phi) is 5.79. The van der Waals surface area contributed by atoms with E-state index in [9.17, 15) is 19.2 Å². The monoisotopic (exact) mass is 440 g/mol. The number of fused-ring (bicyclic) bond motifs is 1. The van der Waals surface area contributed by atoms with Crippen molar-refractivity contribution in [1.29, 1.82) is 0 Å². The van der Waals surface area contributed by atoms with Crippen LogP contribution in [0.4, 0.5) is 0 Å².